The van der Waals surface area contributed by atoms with Gasteiger partial charge in [0.05, 0.1) is 5.56 Å². The summed E-state index contributed by atoms with van der Waals surface area (Å²) in [6.45, 7) is 6.86. The lowest BCUT2D eigenvalue weighted by Crippen LogP contribution is -2.39. The first-order valence-corrected chi connectivity index (χ1v) is 10.5. The van der Waals surface area contributed by atoms with Crippen molar-refractivity contribution in [3.63, 3.8) is 0 Å². The van der Waals surface area contributed by atoms with Gasteiger partial charge in [0.1, 0.15) is 17.7 Å². The van der Waals surface area contributed by atoms with Crippen molar-refractivity contribution in [2.24, 2.45) is 5.92 Å². The molecule has 0 unspecified atom stereocenters. The van der Waals surface area contributed by atoms with Gasteiger partial charge in [-0.1, -0.05) is 0 Å². The average molecular weight is 460 g/mol. The molecule has 3 aromatic heterocycles. The number of fused-ring (bicyclic) bond motifs is 1. The monoisotopic (exact) mass is 460 g/mol. The van der Waals surface area contributed by atoms with E-state index in [-0.39, 0.29) is 23.0 Å². The molecule has 12 heteroatoms. The summed E-state index contributed by atoms with van der Waals surface area (Å²) in [7, 11) is 0. The van der Waals surface area contributed by atoms with Crippen LogP contribution >= 0.6 is 0 Å². The van der Waals surface area contributed by atoms with Gasteiger partial charge in [0.15, 0.2) is 5.65 Å². The maximum atomic E-state index is 13.1. The fourth-order valence-corrected chi connectivity index (χ4v) is 3.90. The molecule has 0 radical (unpaired) electrons. The van der Waals surface area contributed by atoms with Crippen molar-refractivity contribution in [3.8, 4) is 6.07 Å². The second kappa shape index (κ2) is 8.06. The molecule has 0 aliphatic carbocycles. The van der Waals surface area contributed by atoms with Crippen LogP contribution in [-0.2, 0) is 16.5 Å². The van der Waals surface area contributed by atoms with E-state index in [2.05, 4.69) is 26.7 Å². The third-order valence-corrected chi connectivity index (χ3v) is 5.62. The van der Waals surface area contributed by atoms with E-state index in [1.54, 1.807) is 18.3 Å². The molecule has 0 bridgehead atoms. The lowest BCUT2D eigenvalue weighted by atomic mass is 9.96. The van der Waals surface area contributed by atoms with E-state index in [0.717, 1.165) is 0 Å². The average Bonchev–Trinajstić information content (AvgIpc) is 3.37. The summed E-state index contributed by atoms with van der Waals surface area (Å²) < 4.78 is 41.9. The molecule has 9 nitrogen and oxygen atoms in total. The van der Waals surface area contributed by atoms with E-state index in [0.29, 0.717) is 47.6 Å². The van der Waals surface area contributed by atoms with Crippen molar-refractivity contribution < 1.29 is 18.0 Å². The minimum Gasteiger partial charge on any atom is -0.355 e. The number of halogens is 3. The number of hydrogen-bond acceptors (Lipinski definition) is 6. The second-order valence-corrected chi connectivity index (χ2v) is 9.00. The Kier molecular flexibility index (Phi) is 5.51. The third kappa shape index (κ3) is 4.48. The van der Waals surface area contributed by atoms with E-state index >= 15 is 0 Å². The summed E-state index contributed by atoms with van der Waals surface area (Å²) in [6.07, 6.45) is -1.92. The number of aromatic nitrogens is 5. The van der Waals surface area contributed by atoms with Gasteiger partial charge in [-0.15, -0.1) is 15.3 Å². The van der Waals surface area contributed by atoms with Crippen molar-refractivity contribution in [3.05, 3.63) is 35.8 Å². The van der Waals surface area contributed by atoms with Gasteiger partial charge in [0.25, 0.3) is 5.82 Å². The van der Waals surface area contributed by atoms with Crippen LogP contribution in [0.25, 0.3) is 5.65 Å². The molecule has 4 heterocycles. The maximum absolute atomic E-state index is 13.1. The first kappa shape index (κ1) is 22.6. The lowest BCUT2D eigenvalue weighted by Gasteiger charge is -2.32. The predicted molar refractivity (Wildman–Crippen MR) is 113 cm³/mol. The third-order valence-electron chi connectivity index (χ3n) is 5.62. The summed E-state index contributed by atoms with van der Waals surface area (Å²) in [6, 6.07) is 6.78. The Bertz CT molecular complexity index is 1220. The van der Waals surface area contributed by atoms with Gasteiger partial charge < -0.3 is 14.8 Å². The summed E-state index contributed by atoms with van der Waals surface area (Å²) in [5.41, 5.74) is 0.158. The molecule has 0 spiro atoms. The number of rotatable bonds is 3. The molecule has 3 aromatic rings. The highest BCUT2D eigenvalue weighted by Crippen LogP contribution is 2.29. The van der Waals surface area contributed by atoms with Crippen molar-refractivity contribution >= 4 is 23.2 Å². The smallest absolute Gasteiger partial charge is 0.355 e. The van der Waals surface area contributed by atoms with Crippen molar-refractivity contribution in [1.82, 2.24) is 24.4 Å². The summed E-state index contributed by atoms with van der Waals surface area (Å²) in [5, 5.41) is 22.9. The van der Waals surface area contributed by atoms with Crippen LogP contribution in [0.4, 0.5) is 24.8 Å². The van der Waals surface area contributed by atoms with E-state index in [1.807, 2.05) is 30.2 Å². The Morgan fingerprint density at radius 1 is 1.18 bits per heavy atom. The summed E-state index contributed by atoms with van der Waals surface area (Å²) >= 11 is 0. The number of alkyl halides is 3. The number of carbonyl (C=O) groups is 1. The minimum atomic E-state index is -4.66. The normalized spacial score (nSPS) is 15.6. The van der Waals surface area contributed by atoms with E-state index < -0.39 is 12.0 Å². The first-order chi connectivity index (χ1) is 15.5. The first-order valence-electron chi connectivity index (χ1n) is 10.5. The van der Waals surface area contributed by atoms with Gasteiger partial charge in [-0.2, -0.15) is 22.9 Å². The van der Waals surface area contributed by atoms with Crippen LogP contribution in [0.2, 0.25) is 0 Å². The second-order valence-electron chi connectivity index (χ2n) is 9.00. The molecule has 0 atom stereocenters. The molecule has 174 valence electrons. The Morgan fingerprint density at radius 3 is 2.48 bits per heavy atom. The fourth-order valence-electron chi connectivity index (χ4n) is 3.90. The molecular formula is C21H23F3N8O. The SMILES string of the molecule is CC(C)(C)n1cc(C#N)cc1NC(=O)C1CCN(c2ccc3nnc(C(F)(F)F)n3n2)CC1. The van der Waals surface area contributed by atoms with Crippen molar-refractivity contribution in [2.75, 3.05) is 23.3 Å². The zero-order valence-corrected chi connectivity index (χ0v) is 18.4. The minimum absolute atomic E-state index is 0.0129. The van der Waals surface area contributed by atoms with Crippen LogP contribution in [0.3, 0.4) is 0 Å². The fraction of sp³-hybridized carbons (Fsp3) is 0.476. The number of nitrogens with one attached hydrogen (secondary N) is 1. The number of hydrogen-bond donors (Lipinski definition) is 1. The molecule has 1 fully saturated rings. The topological polar surface area (TPSA) is 104 Å². The van der Waals surface area contributed by atoms with Gasteiger partial charge in [0.2, 0.25) is 5.91 Å². The van der Waals surface area contributed by atoms with E-state index in [4.69, 9.17) is 0 Å². The van der Waals surface area contributed by atoms with Crippen LogP contribution in [-0.4, -0.2) is 43.4 Å². The largest absolute Gasteiger partial charge is 0.453 e. The highest BCUT2D eigenvalue weighted by Gasteiger charge is 2.38. The van der Waals surface area contributed by atoms with Crippen LogP contribution < -0.4 is 10.2 Å². The molecule has 0 saturated carbocycles. The Hall–Kier alpha value is -3.62. The number of anilines is 2. The van der Waals surface area contributed by atoms with Gasteiger partial charge in [0, 0.05) is 30.7 Å². The maximum Gasteiger partial charge on any atom is 0.453 e. The highest BCUT2D eigenvalue weighted by molar-refractivity contribution is 5.92. The summed E-state index contributed by atoms with van der Waals surface area (Å²) in [5.74, 6) is -0.659. The van der Waals surface area contributed by atoms with Crippen LogP contribution in [0.5, 0.6) is 0 Å². The number of piperidine rings is 1. The molecule has 0 aromatic carbocycles. The highest BCUT2D eigenvalue weighted by atomic mass is 19.4. The summed E-state index contributed by atoms with van der Waals surface area (Å²) in [4.78, 5) is 14.7. The van der Waals surface area contributed by atoms with Crippen LogP contribution in [0.1, 0.15) is 45.0 Å². The Labute approximate surface area is 187 Å². The van der Waals surface area contributed by atoms with Crippen molar-refractivity contribution in [2.45, 2.75) is 45.3 Å². The molecule has 33 heavy (non-hydrogen) atoms. The molecule has 1 saturated heterocycles. The number of amides is 1. The standard InChI is InChI=1S/C21H23F3N8O/c1-20(2,3)31-12-13(11-25)10-17(31)26-18(33)14-6-8-30(9-7-14)16-5-4-15-27-28-19(21(22,23)24)32(15)29-16/h4-5,10,12,14H,6-9H2,1-3H3,(H,26,33). The number of nitrogens with zero attached hydrogens (tertiary/aromatic N) is 7. The van der Waals surface area contributed by atoms with Crippen LogP contribution in [0, 0.1) is 17.2 Å². The predicted octanol–water partition coefficient (Wildman–Crippen LogP) is 3.43. The zero-order chi connectivity index (χ0) is 24.0. The van der Waals surface area contributed by atoms with Gasteiger partial charge in [-0.25, -0.2) is 0 Å². The van der Waals surface area contributed by atoms with Crippen molar-refractivity contribution in [1.29, 1.82) is 5.26 Å². The lowest BCUT2D eigenvalue weighted by molar-refractivity contribution is -0.146. The van der Waals surface area contributed by atoms with E-state index in [9.17, 15) is 23.2 Å². The number of nitriles is 1. The molecular weight excluding hydrogens is 437 g/mol. The molecule has 4 rings (SSSR count). The van der Waals surface area contributed by atoms with E-state index in [1.165, 1.54) is 6.07 Å². The number of carbonyl (C=O) groups excluding carboxylic acids is 1. The molecule has 1 N–H and O–H groups in total. The van der Waals surface area contributed by atoms with Gasteiger partial charge in [-0.05, 0) is 51.8 Å². The zero-order valence-electron chi connectivity index (χ0n) is 18.4. The Balaban J connectivity index is 1.45. The molecule has 1 aliphatic rings. The van der Waals surface area contributed by atoms with Gasteiger partial charge in [-0.3, -0.25) is 4.79 Å². The molecule has 1 amide bonds. The Morgan fingerprint density at radius 2 is 1.88 bits per heavy atom. The van der Waals surface area contributed by atoms with Crippen LogP contribution in [0.15, 0.2) is 24.4 Å². The quantitative estimate of drug-likeness (QED) is 0.642. The van der Waals surface area contributed by atoms with Gasteiger partial charge >= 0.3 is 6.18 Å². The molecule has 1 aliphatic heterocycles.